The van der Waals surface area contributed by atoms with Crippen molar-refractivity contribution in [3.8, 4) is 5.75 Å². The van der Waals surface area contributed by atoms with Gasteiger partial charge in [-0.25, -0.2) is 0 Å². The zero-order chi connectivity index (χ0) is 14.5. The minimum atomic E-state index is -0.669. The summed E-state index contributed by atoms with van der Waals surface area (Å²) in [6.45, 7) is 4.10. The third kappa shape index (κ3) is 1.68. The molecule has 1 saturated carbocycles. The number of phenolic OH excluding ortho intramolecular Hbond substituents is 1. The first-order valence-electron chi connectivity index (χ1n) is 7.44. The Morgan fingerprint density at radius 2 is 2.05 bits per heavy atom. The number of carboxylic acid groups (broad SMARTS) is 1. The number of carboxylic acids is 1. The van der Waals surface area contributed by atoms with Gasteiger partial charge in [-0.05, 0) is 67.2 Å². The van der Waals surface area contributed by atoms with Gasteiger partial charge in [0.25, 0.3) is 0 Å². The van der Waals surface area contributed by atoms with Crippen LogP contribution in [0.1, 0.15) is 50.7 Å². The molecule has 108 valence electrons. The summed E-state index contributed by atoms with van der Waals surface area (Å²) in [4.78, 5) is 11.8. The van der Waals surface area contributed by atoms with Gasteiger partial charge in [-0.2, -0.15) is 0 Å². The highest BCUT2D eigenvalue weighted by atomic mass is 16.4. The summed E-state index contributed by atoms with van der Waals surface area (Å²) in [5.41, 5.74) is 1.67. The average Bonchev–Trinajstić information content (AvgIpc) is 2.39. The summed E-state index contributed by atoms with van der Waals surface area (Å²) in [5, 5.41) is 19.5. The van der Waals surface area contributed by atoms with Crippen LogP contribution >= 0.6 is 0 Å². The van der Waals surface area contributed by atoms with E-state index in [0.717, 1.165) is 32.1 Å². The van der Waals surface area contributed by atoms with Gasteiger partial charge in [0.2, 0.25) is 0 Å². The monoisotopic (exact) mass is 274 g/mol. The molecular weight excluding hydrogens is 252 g/mol. The number of carbonyl (C=O) groups is 1. The molecule has 3 rings (SSSR count). The van der Waals surface area contributed by atoms with Gasteiger partial charge in [0, 0.05) is 0 Å². The number of hydrogen-bond acceptors (Lipinski definition) is 2. The lowest BCUT2D eigenvalue weighted by Gasteiger charge is -2.53. The minimum absolute atomic E-state index is 0.127. The standard InChI is InChI=1S/C17H22O3/c1-16-8-3-9-17(2,15(19)20)14(16)7-5-11-4-6-12(18)10-13(11)16/h4,6,10,14,18H,3,5,7-9H2,1-2H3,(H,19,20)/t14?,16-,17-/m1/s1. The Balaban J connectivity index is 2.13. The van der Waals surface area contributed by atoms with Crippen molar-refractivity contribution >= 4 is 5.97 Å². The van der Waals surface area contributed by atoms with Crippen LogP contribution < -0.4 is 0 Å². The molecule has 0 heterocycles. The number of aryl methyl sites for hydroxylation is 1. The van der Waals surface area contributed by atoms with Crippen molar-refractivity contribution in [3.63, 3.8) is 0 Å². The maximum Gasteiger partial charge on any atom is 0.309 e. The van der Waals surface area contributed by atoms with Crippen LogP contribution in [0.25, 0.3) is 0 Å². The summed E-state index contributed by atoms with van der Waals surface area (Å²) in [6.07, 6.45) is 4.55. The quantitative estimate of drug-likeness (QED) is 0.824. The molecule has 0 aliphatic heterocycles. The maximum atomic E-state index is 11.8. The smallest absolute Gasteiger partial charge is 0.309 e. The number of benzene rings is 1. The Morgan fingerprint density at radius 1 is 1.30 bits per heavy atom. The zero-order valence-corrected chi connectivity index (χ0v) is 12.1. The van der Waals surface area contributed by atoms with Crippen LogP contribution in [0.5, 0.6) is 5.75 Å². The molecule has 1 aromatic rings. The van der Waals surface area contributed by atoms with E-state index in [1.54, 1.807) is 6.07 Å². The number of rotatable bonds is 1. The lowest BCUT2D eigenvalue weighted by molar-refractivity contribution is -0.157. The Bertz CT molecular complexity index is 565. The van der Waals surface area contributed by atoms with Crippen LogP contribution in [0.3, 0.4) is 0 Å². The van der Waals surface area contributed by atoms with Crippen molar-refractivity contribution in [3.05, 3.63) is 29.3 Å². The molecule has 0 radical (unpaired) electrons. The van der Waals surface area contributed by atoms with Gasteiger partial charge in [0.05, 0.1) is 5.41 Å². The summed E-state index contributed by atoms with van der Waals surface area (Å²) in [6, 6.07) is 5.59. The second-order valence-corrected chi connectivity index (χ2v) is 6.93. The molecule has 0 amide bonds. The van der Waals surface area contributed by atoms with Crippen molar-refractivity contribution in [1.29, 1.82) is 0 Å². The summed E-state index contributed by atoms with van der Waals surface area (Å²) in [7, 11) is 0. The Kier molecular flexibility index (Phi) is 2.86. The average molecular weight is 274 g/mol. The van der Waals surface area contributed by atoms with Gasteiger partial charge >= 0.3 is 5.97 Å². The van der Waals surface area contributed by atoms with E-state index in [9.17, 15) is 15.0 Å². The van der Waals surface area contributed by atoms with E-state index in [0.29, 0.717) is 0 Å². The van der Waals surface area contributed by atoms with Crippen LogP contribution in [-0.4, -0.2) is 16.2 Å². The second-order valence-electron chi connectivity index (χ2n) is 6.93. The van der Waals surface area contributed by atoms with Gasteiger partial charge in [-0.15, -0.1) is 0 Å². The van der Waals surface area contributed by atoms with Crippen LogP contribution in [-0.2, 0) is 16.6 Å². The highest BCUT2D eigenvalue weighted by Gasteiger charge is 2.55. The van der Waals surface area contributed by atoms with E-state index < -0.39 is 11.4 Å². The Hall–Kier alpha value is -1.51. The molecule has 3 atom stereocenters. The highest BCUT2D eigenvalue weighted by molar-refractivity contribution is 5.75. The molecule has 0 aromatic heterocycles. The van der Waals surface area contributed by atoms with Crippen molar-refractivity contribution in [2.75, 3.05) is 0 Å². The normalized spacial score (nSPS) is 36.0. The molecule has 3 heteroatoms. The molecule has 2 aliphatic rings. The number of aromatic hydroxyl groups is 1. The maximum absolute atomic E-state index is 11.8. The molecule has 0 spiro atoms. The minimum Gasteiger partial charge on any atom is -0.508 e. The summed E-state index contributed by atoms with van der Waals surface area (Å²) >= 11 is 0. The molecular formula is C17H22O3. The topological polar surface area (TPSA) is 57.5 Å². The van der Waals surface area contributed by atoms with E-state index in [1.807, 2.05) is 19.1 Å². The van der Waals surface area contributed by atoms with Crippen LogP contribution in [0.15, 0.2) is 18.2 Å². The fraction of sp³-hybridized carbons (Fsp3) is 0.588. The highest BCUT2D eigenvalue weighted by Crippen LogP contribution is 2.57. The van der Waals surface area contributed by atoms with Gasteiger partial charge in [-0.3, -0.25) is 4.79 Å². The number of fused-ring (bicyclic) bond motifs is 3. The zero-order valence-electron chi connectivity index (χ0n) is 12.1. The largest absolute Gasteiger partial charge is 0.508 e. The van der Waals surface area contributed by atoms with E-state index >= 15 is 0 Å². The lowest BCUT2D eigenvalue weighted by atomic mass is 9.50. The summed E-state index contributed by atoms with van der Waals surface area (Å²) < 4.78 is 0. The van der Waals surface area contributed by atoms with Gasteiger partial charge in [0.1, 0.15) is 5.75 Å². The molecule has 2 N–H and O–H groups in total. The van der Waals surface area contributed by atoms with Crippen molar-refractivity contribution < 1.29 is 15.0 Å². The number of aliphatic carboxylic acids is 1. The first-order valence-corrected chi connectivity index (χ1v) is 7.44. The summed E-state index contributed by atoms with van der Waals surface area (Å²) in [5.74, 6) is -0.235. The molecule has 0 saturated heterocycles. The Morgan fingerprint density at radius 3 is 2.75 bits per heavy atom. The third-order valence-electron chi connectivity index (χ3n) is 5.83. The van der Waals surface area contributed by atoms with Crippen molar-refractivity contribution in [2.45, 2.75) is 51.4 Å². The van der Waals surface area contributed by atoms with Gasteiger partial charge in [-0.1, -0.05) is 19.4 Å². The second kappa shape index (κ2) is 4.24. The molecule has 0 bridgehead atoms. The molecule has 3 nitrogen and oxygen atoms in total. The fourth-order valence-electron chi connectivity index (χ4n) is 4.70. The molecule has 1 fully saturated rings. The first-order chi connectivity index (χ1) is 9.38. The third-order valence-corrected chi connectivity index (χ3v) is 5.83. The Labute approximate surface area is 119 Å². The lowest BCUT2D eigenvalue weighted by Crippen LogP contribution is -2.52. The molecule has 2 aliphatic carbocycles. The van der Waals surface area contributed by atoms with E-state index in [2.05, 4.69) is 6.92 Å². The van der Waals surface area contributed by atoms with E-state index in [-0.39, 0.29) is 17.1 Å². The van der Waals surface area contributed by atoms with Crippen molar-refractivity contribution in [1.82, 2.24) is 0 Å². The first kappa shape index (κ1) is 13.5. The van der Waals surface area contributed by atoms with Crippen LogP contribution in [0, 0.1) is 11.3 Å². The number of hydrogen-bond donors (Lipinski definition) is 2. The molecule has 1 aromatic carbocycles. The van der Waals surface area contributed by atoms with Crippen molar-refractivity contribution in [2.24, 2.45) is 11.3 Å². The van der Waals surface area contributed by atoms with Crippen LogP contribution in [0.2, 0.25) is 0 Å². The van der Waals surface area contributed by atoms with Gasteiger partial charge in [0.15, 0.2) is 0 Å². The predicted octanol–water partition coefficient (Wildman–Crippen LogP) is 3.49. The number of phenols is 1. The van der Waals surface area contributed by atoms with E-state index in [1.165, 1.54) is 11.1 Å². The van der Waals surface area contributed by atoms with E-state index in [4.69, 9.17) is 0 Å². The fourth-order valence-corrected chi connectivity index (χ4v) is 4.70. The van der Waals surface area contributed by atoms with Crippen LogP contribution in [0.4, 0.5) is 0 Å². The molecule has 20 heavy (non-hydrogen) atoms. The predicted molar refractivity (Wildman–Crippen MR) is 76.9 cm³/mol. The SMILES string of the molecule is C[C@@]1(C(=O)O)CCC[C@]2(C)c3cc(O)ccc3CCC12. The molecule has 1 unspecified atom stereocenters. The van der Waals surface area contributed by atoms with Gasteiger partial charge < -0.3 is 10.2 Å².